The van der Waals surface area contributed by atoms with Gasteiger partial charge in [0.25, 0.3) is 0 Å². The highest BCUT2D eigenvalue weighted by Crippen LogP contribution is 2.16. The van der Waals surface area contributed by atoms with Gasteiger partial charge in [0.15, 0.2) is 0 Å². The van der Waals surface area contributed by atoms with Gasteiger partial charge >= 0.3 is 0 Å². The molecule has 0 heterocycles. The molecule has 0 atom stereocenters. The SMILES string of the molecule is CC[N+](CC)(CC)CCCCCCCCOc1ccc(C=Cc2ccccc2)cc1. The van der Waals surface area contributed by atoms with Crippen LogP contribution < -0.4 is 4.74 Å². The Morgan fingerprint density at radius 2 is 1.17 bits per heavy atom. The van der Waals surface area contributed by atoms with Crippen molar-refractivity contribution >= 4 is 12.2 Å². The molecule has 0 saturated heterocycles. The predicted molar refractivity (Wildman–Crippen MR) is 132 cm³/mol. The standard InChI is InChI=1S/C28H42NO/c1-4-29(5-2,6-3)24-14-9-7-8-10-15-25-30-28-22-20-27(21-23-28)19-18-26-16-12-11-13-17-26/h11-13,16-23H,4-10,14-15,24-25H2,1-3H3/q+1. The number of unbranched alkanes of at least 4 members (excludes halogenated alkanes) is 5. The lowest BCUT2D eigenvalue weighted by Gasteiger charge is -2.35. The highest BCUT2D eigenvalue weighted by Gasteiger charge is 2.19. The number of quaternary nitrogens is 1. The second-order valence-corrected chi connectivity index (χ2v) is 8.30. The lowest BCUT2D eigenvalue weighted by molar-refractivity contribution is -0.923. The quantitative estimate of drug-likeness (QED) is 0.169. The van der Waals surface area contributed by atoms with Crippen LogP contribution in [0.2, 0.25) is 0 Å². The second-order valence-electron chi connectivity index (χ2n) is 8.30. The maximum Gasteiger partial charge on any atom is 0.119 e. The van der Waals surface area contributed by atoms with Gasteiger partial charge < -0.3 is 9.22 Å². The summed E-state index contributed by atoms with van der Waals surface area (Å²) in [5.41, 5.74) is 2.42. The molecule has 0 fully saturated rings. The van der Waals surface area contributed by atoms with Crippen molar-refractivity contribution in [1.29, 1.82) is 0 Å². The van der Waals surface area contributed by atoms with Crippen LogP contribution in [-0.2, 0) is 0 Å². The Morgan fingerprint density at radius 3 is 1.77 bits per heavy atom. The van der Waals surface area contributed by atoms with Crippen LogP contribution in [0.3, 0.4) is 0 Å². The van der Waals surface area contributed by atoms with E-state index < -0.39 is 0 Å². The molecule has 0 N–H and O–H groups in total. The highest BCUT2D eigenvalue weighted by atomic mass is 16.5. The average molecular weight is 409 g/mol. The van der Waals surface area contributed by atoms with Crippen LogP contribution in [0.25, 0.3) is 12.2 Å². The molecule has 0 radical (unpaired) electrons. The van der Waals surface area contributed by atoms with Gasteiger partial charge in [0.1, 0.15) is 5.75 Å². The molecule has 0 bridgehead atoms. The van der Waals surface area contributed by atoms with Crippen molar-refractivity contribution in [3.8, 4) is 5.75 Å². The van der Waals surface area contributed by atoms with E-state index in [1.54, 1.807) is 0 Å². The molecule has 0 aliphatic carbocycles. The van der Waals surface area contributed by atoms with Gasteiger partial charge in [0.2, 0.25) is 0 Å². The molecule has 2 rings (SSSR count). The van der Waals surface area contributed by atoms with Gasteiger partial charge in [-0.3, -0.25) is 0 Å². The van der Waals surface area contributed by atoms with Crippen LogP contribution in [0.1, 0.15) is 70.4 Å². The van der Waals surface area contributed by atoms with E-state index in [0.717, 1.165) is 18.8 Å². The van der Waals surface area contributed by atoms with E-state index in [1.165, 1.54) is 73.9 Å². The van der Waals surface area contributed by atoms with Crippen molar-refractivity contribution in [2.45, 2.75) is 59.3 Å². The molecule has 2 heteroatoms. The number of hydrogen-bond donors (Lipinski definition) is 0. The molecule has 164 valence electrons. The van der Waals surface area contributed by atoms with E-state index in [9.17, 15) is 0 Å². The number of benzene rings is 2. The molecule has 2 nitrogen and oxygen atoms in total. The van der Waals surface area contributed by atoms with Gasteiger partial charge in [-0.15, -0.1) is 0 Å². The van der Waals surface area contributed by atoms with Gasteiger partial charge in [0.05, 0.1) is 32.8 Å². The number of nitrogens with zero attached hydrogens (tertiary/aromatic N) is 1. The minimum atomic E-state index is 0.820. The Kier molecular flexibility index (Phi) is 11.3. The first-order valence-corrected chi connectivity index (χ1v) is 12.0. The molecule has 2 aromatic carbocycles. The van der Waals surface area contributed by atoms with E-state index in [4.69, 9.17) is 4.74 Å². The van der Waals surface area contributed by atoms with Crippen molar-refractivity contribution < 1.29 is 9.22 Å². The Morgan fingerprint density at radius 1 is 0.633 bits per heavy atom. The summed E-state index contributed by atoms with van der Waals surface area (Å²) in [5, 5.41) is 0. The summed E-state index contributed by atoms with van der Waals surface area (Å²) in [5.74, 6) is 0.972. The summed E-state index contributed by atoms with van der Waals surface area (Å²) < 4.78 is 7.20. The Hall–Kier alpha value is -2.06. The fraction of sp³-hybridized carbons (Fsp3) is 0.500. The highest BCUT2D eigenvalue weighted by molar-refractivity contribution is 5.69. The van der Waals surface area contributed by atoms with Crippen molar-refractivity contribution in [3.63, 3.8) is 0 Å². The molecular formula is C28H42NO+. The minimum Gasteiger partial charge on any atom is -0.494 e. The summed E-state index contributed by atoms with van der Waals surface area (Å²) in [6, 6.07) is 18.8. The van der Waals surface area contributed by atoms with Crippen LogP contribution in [0, 0.1) is 0 Å². The first-order valence-electron chi connectivity index (χ1n) is 12.0. The molecule has 2 aromatic rings. The monoisotopic (exact) mass is 408 g/mol. The Labute approximate surface area is 185 Å². The van der Waals surface area contributed by atoms with Gasteiger partial charge in [-0.1, -0.05) is 73.9 Å². The Bertz CT molecular complexity index is 693. The molecule has 30 heavy (non-hydrogen) atoms. The summed E-state index contributed by atoms with van der Waals surface area (Å²) in [7, 11) is 0. The number of ether oxygens (including phenoxy) is 1. The lowest BCUT2D eigenvalue weighted by atomic mass is 10.1. The number of hydrogen-bond acceptors (Lipinski definition) is 1. The predicted octanol–water partition coefficient (Wildman–Crippen LogP) is 7.45. The average Bonchev–Trinajstić information content (AvgIpc) is 2.81. The summed E-state index contributed by atoms with van der Waals surface area (Å²) in [6.45, 7) is 13.0. The van der Waals surface area contributed by atoms with E-state index in [1.807, 2.05) is 6.07 Å². The third-order valence-electron chi connectivity index (χ3n) is 6.46. The molecule has 0 aromatic heterocycles. The zero-order valence-corrected chi connectivity index (χ0v) is 19.5. The van der Waals surface area contributed by atoms with E-state index in [0.29, 0.717) is 0 Å². The molecule has 0 saturated carbocycles. The molecule has 0 aliphatic heterocycles. The summed E-state index contributed by atoms with van der Waals surface area (Å²) in [6.07, 6.45) is 12.1. The van der Waals surface area contributed by atoms with Crippen LogP contribution in [0.4, 0.5) is 0 Å². The lowest BCUT2D eigenvalue weighted by Crippen LogP contribution is -2.48. The first-order chi connectivity index (χ1) is 14.7. The van der Waals surface area contributed by atoms with Crippen molar-refractivity contribution in [3.05, 3.63) is 65.7 Å². The minimum absolute atomic E-state index is 0.820. The van der Waals surface area contributed by atoms with Crippen molar-refractivity contribution in [2.75, 3.05) is 32.8 Å². The van der Waals surface area contributed by atoms with Gasteiger partial charge in [-0.2, -0.15) is 0 Å². The molecule has 0 amide bonds. The zero-order chi connectivity index (χ0) is 21.5. The van der Waals surface area contributed by atoms with Crippen LogP contribution in [0.5, 0.6) is 5.75 Å². The fourth-order valence-corrected chi connectivity index (χ4v) is 4.02. The van der Waals surface area contributed by atoms with Crippen LogP contribution >= 0.6 is 0 Å². The third-order valence-corrected chi connectivity index (χ3v) is 6.46. The first kappa shape index (κ1) is 24.2. The maximum absolute atomic E-state index is 5.91. The zero-order valence-electron chi connectivity index (χ0n) is 19.5. The topological polar surface area (TPSA) is 9.23 Å². The van der Waals surface area contributed by atoms with Gasteiger partial charge in [-0.25, -0.2) is 0 Å². The molecule has 0 aliphatic rings. The van der Waals surface area contributed by atoms with Crippen LogP contribution in [-0.4, -0.2) is 37.3 Å². The Balaban J connectivity index is 1.54. The van der Waals surface area contributed by atoms with E-state index in [2.05, 4.69) is 81.5 Å². The molecule has 0 unspecified atom stereocenters. The van der Waals surface area contributed by atoms with Gasteiger partial charge in [-0.05, 0) is 63.3 Å². The largest absolute Gasteiger partial charge is 0.494 e. The third kappa shape index (κ3) is 8.75. The van der Waals surface area contributed by atoms with Crippen molar-refractivity contribution in [1.82, 2.24) is 0 Å². The number of rotatable bonds is 15. The molecular weight excluding hydrogens is 366 g/mol. The van der Waals surface area contributed by atoms with Crippen molar-refractivity contribution in [2.24, 2.45) is 0 Å². The van der Waals surface area contributed by atoms with Crippen LogP contribution in [0.15, 0.2) is 54.6 Å². The van der Waals surface area contributed by atoms with E-state index in [-0.39, 0.29) is 0 Å². The fourth-order valence-electron chi connectivity index (χ4n) is 4.02. The van der Waals surface area contributed by atoms with E-state index >= 15 is 0 Å². The maximum atomic E-state index is 5.91. The molecule has 0 spiro atoms. The normalized spacial score (nSPS) is 11.8. The smallest absolute Gasteiger partial charge is 0.119 e. The summed E-state index contributed by atoms with van der Waals surface area (Å²) in [4.78, 5) is 0. The second kappa shape index (κ2) is 14.0. The van der Waals surface area contributed by atoms with Gasteiger partial charge in [0, 0.05) is 0 Å². The summed E-state index contributed by atoms with van der Waals surface area (Å²) >= 11 is 0.